The minimum atomic E-state index is 0.152. The molecule has 0 aromatic carbocycles. The molecule has 120 valence electrons. The molecule has 0 saturated carbocycles. The summed E-state index contributed by atoms with van der Waals surface area (Å²) in [5.74, 6) is 0. The van der Waals surface area contributed by atoms with Gasteiger partial charge in [0.05, 0.1) is 35.6 Å². The maximum atomic E-state index is 13.0. The van der Waals surface area contributed by atoms with Crippen molar-refractivity contribution in [2.75, 3.05) is 0 Å². The Morgan fingerprint density at radius 3 is 1.42 bits per heavy atom. The largest absolute Gasteiger partial charge is 0.273 e. The molecule has 4 atom stereocenters. The van der Waals surface area contributed by atoms with Crippen molar-refractivity contribution in [1.29, 1.82) is 0 Å². The van der Waals surface area contributed by atoms with Gasteiger partial charge in [-0.1, -0.05) is 24.3 Å². The Morgan fingerprint density at radius 1 is 0.625 bits per heavy atom. The van der Waals surface area contributed by atoms with Gasteiger partial charge >= 0.3 is 0 Å². The van der Waals surface area contributed by atoms with Gasteiger partial charge in [-0.05, 0) is 25.7 Å². The number of fused-ring (bicyclic) bond motifs is 15. The number of hydrogen-bond acceptors (Lipinski definition) is 2. The lowest BCUT2D eigenvalue weighted by molar-refractivity contribution is 0.504. The first kappa shape index (κ1) is 11.9. The zero-order chi connectivity index (χ0) is 15.7. The van der Waals surface area contributed by atoms with Crippen LogP contribution < -0.4 is 11.1 Å². The summed E-state index contributed by atoms with van der Waals surface area (Å²) in [5.41, 5.74) is 4.17. The highest BCUT2D eigenvalue weighted by molar-refractivity contribution is 5.68. The van der Waals surface area contributed by atoms with Crippen LogP contribution in [0.4, 0.5) is 0 Å². The fourth-order valence-corrected chi connectivity index (χ4v) is 5.69. The highest BCUT2D eigenvalue weighted by Gasteiger charge is 2.45. The normalized spacial score (nSPS) is 32.3. The summed E-state index contributed by atoms with van der Waals surface area (Å²) in [6, 6.07) is 0.913. The Balaban J connectivity index is 1.64. The summed E-state index contributed by atoms with van der Waals surface area (Å²) in [4.78, 5) is 25.9. The smallest absolute Gasteiger partial charge is 0.271 e. The third-order valence-electron chi connectivity index (χ3n) is 6.61. The van der Waals surface area contributed by atoms with Crippen molar-refractivity contribution in [3.8, 4) is 11.4 Å². The van der Waals surface area contributed by atoms with Gasteiger partial charge in [0, 0.05) is 11.1 Å². The van der Waals surface area contributed by atoms with E-state index < -0.39 is 0 Å². The lowest BCUT2D eigenvalue weighted by Gasteiger charge is -2.21. The van der Waals surface area contributed by atoms with Gasteiger partial charge in [-0.3, -0.25) is 19.0 Å². The molecule has 0 radical (unpaired) electrons. The SMILES string of the molecule is O=c1c2c(n3n1C1C=CC3C1)-c1c(c(=O)n3n1C1C=CC3C1)CC2. The molecule has 24 heavy (non-hydrogen) atoms. The van der Waals surface area contributed by atoms with Crippen LogP contribution >= 0.6 is 0 Å². The standard InChI is InChI=1S/C18H16N4O2/c23-17-13-5-6-14-16(15(13)19-9-1-3-11(7-9)21(17)19)20-10-2-4-12(8-10)22(20)18(14)24/h1-4,9-12H,5-8H2. The van der Waals surface area contributed by atoms with Gasteiger partial charge in [0.1, 0.15) is 0 Å². The molecule has 4 heterocycles. The predicted molar refractivity (Wildman–Crippen MR) is 87.4 cm³/mol. The van der Waals surface area contributed by atoms with E-state index in [-0.39, 0.29) is 35.3 Å². The molecule has 7 rings (SSSR count). The van der Waals surface area contributed by atoms with Crippen molar-refractivity contribution in [3.05, 3.63) is 56.1 Å². The molecule has 4 unspecified atom stereocenters. The fraction of sp³-hybridized carbons (Fsp3) is 0.444. The van der Waals surface area contributed by atoms with Gasteiger partial charge in [0.25, 0.3) is 11.1 Å². The predicted octanol–water partition coefficient (Wildman–Crippen LogP) is 1.49. The number of aromatic nitrogens is 4. The fourth-order valence-electron chi connectivity index (χ4n) is 5.69. The van der Waals surface area contributed by atoms with Crippen molar-refractivity contribution in [1.82, 2.24) is 18.7 Å². The molecule has 0 N–H and O–H groups in total. The third kappa shape index (κ3) is 1.03. The van der Waals surface area contributed by atoms with E-state index in [9.17, 15) is 9.59 Å². The Labute approximate surface area is 136 Å². The summed E-state index contributed by atoms with van der Waals surface area (Å²) in [5, 5.41) is 0. The Bertz CT molecular complexity index is 1050. The van der Waals surface area contributed by atoms with E-state index in [4.69, 9.17) is 0 Å². The van der Waals surface area contributed by atoms with E-state index in [0.29, 0.717) is 12.8 Å². The third-order valence-corrected chi connectivity index (χ3v) is 6.61. The van der Waals surface area contributed by atoms with Gasteiger partial charge in [0.15, 0.2) is 0 Å². The topological polar surface area (TPSA) is 53.9 Å². The van der Waals surface area contributed by atoms with Crippen LogP contribution in [0, 0.1) is 0 Å². The van der Waals surface area contributed by atoms with Crippen molar-refractivity contribution in [2.45, 2.75) is 49.9 Å². The summed E-state index contributed by atoms with van der Waals surface area (Å²) in [6.07, 6.45) is 12.1. The van der Waals surface area contributed by atoms with E-state index in [1.165, 1.54) is 0 Å². The Kier molecular flexibility index (Phi) is 1.72. The second kappa shape index (κ2) is 3.45. The van der Waals surface area contributed by atoms with Crippen molar-refractivity contribution >= 4 is 0 Å². The first-order chi connectivity index (χ1) is 11.7. The molecule has 2 aromatic heterocycles. The first-order valence-electron chi connectivity index (χ1n) is 8.83. The molecule has 3 aliphatic carbocycles. The summed E-state index contributed by atoms with van der Waals surface area (Å²) < 4.78 is 8.23. The van der Waals surface area contributed by atoms with Crippen molar-refractivity contribution in [3.63, 3.8) is 0 Å². The van der Waals surface area contributed by atoms with E-state index in [1.54, 1.807) is 0 Å². The average molecular weight is 320 g/mol. The van der Waals surface area contributed by atoms with Crippen LogP contribution in [-0.2, 0) is 12.8 Å². The lowest BCUT2D eigenvalue weighted by atomic mass is 9.94. The summed E-state index contributed by atoms with van der Waals surface area (Å²) in [6.45, 7) is 0. The van der Waals surface area contributed by atoms with Crippen LogP contribution in [0.1, 0.15) is 48.1 Å². The molecule has 2 aromatic rings. The minimum Gasteiger partial charge on any atom is -0.273 e. The van der Waals surface area contributed by atoms with Crippen LogP contribution in [0.25, 0.3) is 11.4 Å². The zero-order valence-corrected chi connectivity index (χ0v) is 13.1. The number of rotatable bonds is 0. The Hall–Kier alpha value is -2.50. The van der Waals surface area contributed by atoms with Crippen LogP contribution in [-0.4, -0.2) is 18.7 Å². The first-order valence-corrected chi connectivity index (χ1v) is 8.83. The molecule has 0 saturated heterocycles. The maximum absolute atomic E-state index is 13.0. The van der Waals surface area contributed by atoms with Gasteiger partial charge in [-0.25, -0.2) is 9.36 Å². The molecular formula is C18H16N4O2. The molecule has 5 aliphatic rings. The molecule has 0 spiro atoms. The highest BCUT2D eigenvalue weighted by Crippen LogP contribution is 2.47. The van der Waals surface area contributed by atoms with E-state index in [2.05, 4.69) is 33.7 Å². The van der Waals surface area contributed by atoms with E-state index in [1.807, 2.05) is 9.36 Å². The molecule has 6 nitrogen and oxygen atoms in total. The van der Waals surface area contributed by atoms with E-state index >= 15 is 0 Å². The second-order valence-electron chi connectivity index (χ2n) is 7.65. The van der Waals surface area contributed by atoms with Crippen molar-refractivity contribution < 1.29 is 0 Å². The summed E-state index contributed by atoms with van der Waals surface area (Å²) in [7, 11) is 0. The monoisotopic (exact) mass is 320 g/mol. The van der Waals surface area contributed by atoms with E-state index in [0.717, 1.165) is 35.4 Å². The van der Waals surface area contributed by atoms with Crippen LogP contribution in [0.2, 0.25) is 0 Å². The summed E-state index contributed by atoms with van der Waals surface area (Å²) >= 11 is 0. The lowest BCUT2D eigenvalue weighted by Crippen LogP contribution is -2.24. The second-order valence-corrected chi connectivity index (χ2v) is 7.65. The zero-order valence-electron chi connectivity index (χ0n) is 13.1. The van der Waals surface area contributed by atoms with Gasteiger partial charge < -0.3 is 0 Å². The molecule has 0 amide bonds. The molecule has 2 aliphatic heterocycles. The number of hydrogen-bond donors (Lipinski definition) is 0. The molecule has 6 heteroatoms. The maximum Gasteiger partial charge on any atom is 0.271 e. The number of allylic oxidation sites excluding steroid dienone is 4. The van der Waals surface area contributed by atoms with Crippen LogP contribution in [0.15, 0.2) is 33.9 Å². The van der Waals surface area contributed by atoms with Gasteiger partial charge in [-0.2, -0.15) is 0 Å². The number of nitrogens with zero attached hydrogens (tertiary/aromatic N) is 4. The molecule has 4 bridgehead atoms. The Morgan fingerprint density at radius 2 is 1.00 bits per heavy atom. The van der Waals surface area contributed by atoms with Gasteiger partial charge in [-0.15, -0.1) is 0 Å². The van der Waals surface area contributed by atoms with Crippen LogP contribution in [0.3, 0.4) is 0 Å². The van der Waals surface area contributed by atoms with Gasteiger partial charge in [0.2, 0.25) is 0 Å². The average Bonchev–Trinajstić information content (AvgIpc) is 3.38. The molecule has 0 fully saturated rings. The minimum absolute atomic E-state index is 0.152. The van der Waals surface area contributed by atoms with Crippen molar-refractivity contribution in [2.24, 2.45) is 0 Å². The molecular weight excluding hydrogens is 304 g/mol. The quantitative estimate of drug-likeness (QED) is 0.691. The van der Waals surface area contributed by atoms with Crippen LogP contribution in [0.5, 0.6) is 0 Å². The highest BCUT2D eigenvalue weighted by atomic mass is 16.1.